The van der Waals surface area contributed by atoms with Crippen molar-refractivity contribution in [3.05, 3.63) is 109 Å². The van der Waals surface area contributed by atoms with Gasteiger partial charge >= 0.3 is 17.9 Å². The van der Waals surface area contributed by atoms with Gasteiger partial charge in [-0.2, -0.15) is 0 Å². The van der Waals surface area contributed by atoms with Gasteiger partial charge in [-0.25, -0.2) is 14.4 Å². The van der Waals surface area contributed by atoms with Gasteiger partial charge in [0.15, 0.2) is 0 Å². The molecule has 3 atom stereocenters. The number of rotatable bonds is 30. The Morgan fingerprint density at radius 2 is 0.902 bits per heavy atom. The first kappa shape index (κ1) is 45.0. The zero-order chi connectivity index (χ0) is 37.5. The first-order chi connectivity index (χ1) is 24.7. The van der Waals surface area contributed by atoms with Crippen LogP contribution in [0.1, 0.15) is 110 Å². The molecule has 0 N–H and O–H groups in total. The summed E-state index contributed by atoms with van der Waals surface area (Å²) in [5.41, 5.74) is -0.0870. The minimum atomic E-state index is -0.797. The predicted octanol–water partition coefficient (Wildman–Crippen LogP) is 9.11. The molecular weight excluding hydrogens is 648 g/mol. The van der Waals surface area contributed by atoms with Crippen molar-refractivity contribution in [2.24, 2.45) is 0 Å². The second-order valence-electron chi connectivity index (χ2n) is 12.1. The highest BCUT2D eigenvalue weighted by Gasteiger charge is 2.25. The maximum Gasteiger partial charge on any atom is 0.339 e. The Hall–Kier alpha value is -4.05. The molecule has 1 rings (SSSR count). The summed E-state index contributed by atoms with van der Waals surface area (Å²) in [6.45, 7) is 17.9. The van der Waals surface area contributed by atoms with E-state index in [9.17, 15) is 14.4 Å². The van der Waals surface area contributed by atoms with Crippen LogP contribution in [0.2, 0.25) is 0 Å². The SMILES string of the molecule is C=CCCCC=CCOCC(C)OC(=O)c1ccc(C(=O)OC(C)COCC=CCCCC=C)c(C(=O)OC(C)COCC=CCCCC=C)c1. The van der Waals surface area contributed by atoms with Gasteiger partial charge in [0.25, 0.3) is 0 Å². The van der Waals surface area contributed by atoms with E-state index in [1.165, 1.54) is 18.2 Å². The Bertz CT molecular complexity index is 1260. The average molecular weight is 709 g/mol. The van der Waals surface area contributed by atoms with E-state index in [-0.39, 0.29) is 36.5 Å². The number of benzene rings is 1. The fraction of sp³-hybridized carbons (Fsp3) is 0.500. The van der Waals surface area contributed by atoms with Crippen molar-refractivity contribution < 1.29 is 42.8 Å². The molecule has 0 spiro atoms. The molecule has 51 heavy (non-hydrogen) atoms. The van der Waals surface area contributed by atoms with Crippen LogP contribution < -0.4 is 0 Å². The summed E-state index contributed by atoms with van der Waals surface area (Å²) in [4.78, 5) is 39.7. The van der Waals surface area contributed by atoms with Crippen LogP contribution in [0.25, 0.3) is 0 Å². The summed E-state index contributed by atoms with van der Waals surface area (Å²) in [5, 5.41) is 0. The van der Waals surface area contributed by atoms with E-state index < -0.39 is 36.2 Å². The second-order valence-corrected chi connectivity index (χ2v) is 12.1. The highest BCUT2D eigenvalue weighted by Crippen LogP contribution is 2.19. The molecule has 282 valence electrons. The molecule has 0 radical (unpaired) electrons. The minimum Gasteiger partial charge on any atom is -0.457 e. The lowest BCUT2D eigenvalue weighted by atomic mass is 10.0. The van der Waals surface area contributed by atoms with E-state index in [0.29, 0.717) is 19.8 Å². The quantitative estimate of drug-likeness (QED) is 0.0335. The predicted molar refractivity (Wildman–Crippen MR) is 203 cm³/mol. The molecule has 0 aliphatic rings. The zero-order valence-corrected chi connectivity index (χ0v) is 31.1. The van der Waals surface area contributed by atoms with E-state index in [4.69, 9.17) is 28.4 Å². The van der Waals surface area contributed by atoms with Gasteiger partial charge < -0.3 is 28.4 Å². The van der Waals surface area contributed by atoms with Gasteiger partial charge in [-0.3, -0.25) is 0 Å². The van der Waals surface area contributed by atoms with Gasteiger partial charge in [0.1, 0.15) is 18.3 Å². The molecule has 9 nitrogen and oxygen atoms in total. The molecule has 0 saturated carbocycles. The molecule has 0 aliphatic heterocycles. The summed E-state index contributed by atoms with van der Waals surface area (Å²) in [7, 11) is 0. The van der Waals surface area contributed by atoms with Crippen molar-refractivity contribution in [2.45, 2.75) is 96.9 Å². The average Bonchev–Trinajstić information content (AvgIpc) is 3.11. The molecule has 0 amide bonds. The normalized spacial score (nSPS) is 13.2. The number of allylic oxidation sites excluding steroid dienone is 6. The highest BCUT2D eigenvalue weighted by atomic mass is 16.6. The van der Waals surface area contributed by atoms with E-state index >= 15 is 0 Å². The Balaban J connectivity index is 2.89. The van der Waals surface area contributed by atoms with Crippen LogP contribution >= 0.6 is 0 Å². The van der Waals surface area contributed by atoms with Crippen molar-refractivity contribution in [1.82, 2.24) is 0 Å². The van der Waals surface area contributed by atoms with Crippen molar-refractivity contribution in [1.29, 1.82) is 0 Å². The summed E-state index contributed by atoms with van der Waals surface area (Å²) in [5.74, 6) is -2.22. The standard InChI is InChI=1S/C42H60O9/c1-7-10-13-16-19-22-27-46-31-34(4)49-40(43)37-25-26-38(41(44)50-35(5)32-47-28-23-20-17-14-11-8-2)39(30-37)42(45)51-36(6)33-48-29-24-21-18-15-12-9-3/h7-9,19-26,30,34-36H,1-3,10-18,27-29,31-33H2,4-6H3. The van der Waals surface area contributed by atoms with Crippen molar-refractivity contribution in [3.8, 4) is 0 Å². The van der Waals surface area contributed by atoms with E-state index in [0.717, 1.165) is 57.8 Å². The molecule has 0 fully saturated rings. The molecule has 1 aromatic carbocycles. The molecule has 0 aromatic heterocycles. The van der Waals surface area contributed by atoms with Gasteiger partial charge in [0.05, 0.1) is 56.3 Å². The van der Waals surface area contributed by atoms with Crippen molar-refractivity contribution in [3.63, 3.8) is 0 Å². The topological polar surface area (TPSA) is 107 Å². The maximum atomic E-state index is 13.4. The lowest BCUT2D eigenvalue weighted by Gasteiger charge is -2.18. The smallest absolute Gasteiger partial charge is 0.339 e. The molecule has 0 aliphatic carbocycles. The Labute approximate surface area is 306 Å². The monoisotopic (exact) mass is 708 g/mol. The number of ether oxygens (including phenoxy) is 6. The van der Waals surface area contributed by atoms with Gasteiger partial charge in [0.2, 0.25) is 0 Å². The zero-order valence-electron chi connectivity index (χ0n) is 31.1. The highest BCUT2D eigenvalue weighted by molar-refractivity contribution is 6.05. The van der Waals surface area contributed by atoms with Crippen LogP contribution in [-0.4, -0.2) is 75.9 Å². The number of carbonyl (C=O) groups excluding carboxylic acids is 3. The van der Waals surface area contributed by atoms with Gasteiger partial charge in [-0.1, -0.05) is 54.7 Å². The number of hydrogen-bond donors (Lipinski definition) is 0. The summed E-state index contributed by atoms with van der Waals surface area (Å²) < 4.78 is 33.6. The van der Waals surface area contributed by atoms with Crippen LogP contribution in [0.15, 0.2) is 92.6 Å². The Morgan fingerprint density at radius 3 is 1.29 bits per heavy atom. The number of carbonyl (C=O) groups is 3. The lowest BCUT2D eigenvalue weighted by Crippen LogP contribution is -2.25. The minimum absolute atomic E-state index is 0.0441. The summed E-state index contributed by atoms with van der Waals surface area (Å²) in [6, 6.07) is 4.08. The largest absolute Gasteiger partial charge is 0.457 e. The molecule has 3 unspecified atom stereocenters. The van der Waals surface area contributed by atoms with Crippen LogP contribution in [0, 0.1) is 0 Å². The number of unbranched alkanes of at least 4 members (excludes halogenated alkanes) is 6. The van der Waals surface area contributed by atoms with Gasteiger partial charge in [-0.15, -0.1) is 19.7 Å². The summed E-state index contributed by atoms with van der Waals surface area (Å²) >= 11 is 0. The van der Waals surface area contributed by atoms with Crippen LogP contribution in [0.4, 0.5) is 0 Å². The van der Waals surface area contributed by atoms with Crippen LogP contribution in [-0.2, 0) is 28.4 Å². The molecule has 0 heterocycles. The van der Waals surface area contributed by atoms with Crippen molar-refractivity contribution >= 4 is 17.9 Å². The molecule has 0 saturated heterocycles. The van der Waals surface area contributed by atoms with Crippen LogP contribution in [0.5, 0.6) is 0 Å². The van der Waals surface area contributed by atoms with E-state index in [1.54, 1.807) is 20.8 Å². The fourth-order valence-electron chi connectivity index (χ4n) is 4.47. The summed E-state index contributed by atoms with van der Waals surface area (Å²) in [6.07, 6.45) is 24.5. The van der Waals surface area contributed by atoms with E-state index in [2.05, 4.69) is 19.7 Å². The maximum absolute atomic E-state index is 13.4. The second kappa shape index (κ2) is 29.7. The van der Waals surface area contributed by atoms with E-state index in [1.807, 2.05) is 54.7 Å². The number of esters is 3. The van der Waals surface area contributed by atoms with Gasteiger partial charge in [0, 0.05) is 0 Å². The Morgan fingerprint density at radius 1 is 0.529 bits per heavy atom. The third kappa shape index (κ3) is 22.4. The third-order valence-corrected chi connectivity index (χ3v) is 7.16. The first-order valence-electron chi connectivity index (χ1n) is 18.0. The molecule has 1 aromatic rings. The molecule has 9 heteroatoms. The Kier molecular flexibility index (Phi) is 26.2. The molecular formula is C42H60O9. The first-order valence-corrected chi connectivity index (χ1v) is 18.0. The lowest BCUT2D eigenvalue weighted by molar-refractivity contribution is 0.00290. The number of hydrogen-bond acceptors (Lipinski definition) is 9. The van der Waals surface area contributed by atoms with Crippen molar-refractivity contribution in [2.75, 3.05) is 39.6 Å². The van der Waals surface area contributed by atoms with Gasteiger partial charge in [-0.05, 0) is 96.8 Å². The molecule has 0 bridgehead atoms. The third-order valence-electron chi connectivity index (χ3n) is 7.16. The fourth-order valence-corrected chi connectivity index (χ4v) is 4.47. The van der Waals surface area contributed by atoms with Crippen LogP contribution in [0.3, 0.4) is 0 Å².